The van der Waals surface area contributed by atoms with E-state index in [1.165, 1.54) is 18.4 Å². The summed E-state index contributed by atoms with van der Waals surface area (Å²) in [5.41, 5.74) is 1.55. The fourth-order valence-electron chi connectivity index (χ4n) is 1.91. The molecular weight excluding hydrogens is 212 g/mol. The first-order chi connectivity index (χ1) is 7.89. The summed E-state index contributed by atoms with van der Waals surface area (Å²) in [6.07, 6.45) is 5.73. The summed E-state index contributed by atoms with van der Waals surface area (Å²) in [6.45, 7) is 12.6. The third kappa shape index (κ3) is 6.23. The van der Waals surface area contributed by atoms with Crippen LogP contribution >= 0.6 is 0 Å². The summed E-state index contributed by atoms with van der Waals surface area (Å²) in [5.74, 6) is 0.797. The minimum absolute atomic E-state index is 0.123. The second-order valence-corrected chi connectivity index (χ2v) is 6.45. The van der Waals surface area contributed by atoms with E-state index in [4.69, 9.17) is 9.47 Å². The predicted octanol–water partition coefficient (Wildman–Crippen LogP) is 4.16. The van der Waals surface area contributed by atoms with E-state index in [1.807, 2.05) is 0 Å². The normalized spacial score (nSPS) is 22.1. The topological polar surface area (TPSA) is 18.5 Å². The van der Waals surface area contributed by atoms with Gasteiger partial charge in [0.2, 0.25) is 0 Å². The van der Waals surface area contributed by atoms with E-state index in [9.17, 15) is 0 Å². The van der Waals surface area contributed by atoms with Gasteiger partial charge in [-0.05, 0) is 31.8 Å². The van der Waals surface area contributed by atoms with Crippen molar-refractivity contribution >= 4 is 0 Å². The van der Waals surface area contributed by atoms with Gasteiger partial charge in [-0.2, -0.15) is 0 Å². The van der Waals surface area contributed by atoms with Gasteiger partial charge >= 0.3 is 0 Å². The van der Waals surface area contributed by atoms with E-state index in [2.05, 4.69) is 40.7 Å². The highest BCUT2D eigenvalue weighted by Gasteiger charge is 2.27. The molecule has 0 amide bonds. The zero-order chi connectivity index (χ0) is 12.9. The standard InChI is InChI=1S/C15H28O2/c1-12(2)7-6-8-13(3)9-14-16-10-15(4,5)11-17-14/h9,12,14H,6-8,10-11H2,1-5H3/b13-9-. The Morgan fingerprint density at radius 2 is 1.88 bits per heavy atom. The Morgan fingerprint density at radius 3 is 2.41 bits per heavy atom. The third-order valence-electron chi connectivity index (χ3n) is 3.05. The zero-order valence-corrected chi connectivity index (χ0v) is 12.1. The van der Waals surface area contributed by atoms with Crippen molar-refractivity contribution in [2.75, 3.05) is 13.2 Å². The molecular formula is C15H28O2. The molecule has 0 radical (unpaired) electrons. The average Bonchev–Trinajstić information content (AvgIpc) is 2.21. The SMILES string of the molecule is C/C(=C/C1OCC(C)(C)CO1)CCCC(C)C. The van der Waals surface area contributed by atoms with Gasteiger partial charge in [-0.25, -0.2) is 0 Å². The third-order valence-corrected chi connectivity index (χ3v) is 3.05. The molecule has 0 atom stereocenters. The summed E-state index contributed by atoms with van der Waals surface area (Å²) in [5, 5.41) is 0. The highest BCUT2D eigenvalue weighted by atomic mass is 16.7. The number of allylic oxidation sites excluding steroid dienone is 1. The quantitative estimate of drug-likeness (QED) is 0.672. The van der Waals surface area contributed by atoms with Crippen molar-refractivity contribution in [1.29, 1.82) is 0 Å². The average molecular weight is 240 g/mol. The van der Waals surface area contributed by atoms with Crippen LogP contribution in [-0.4, -0.2) is 19.5 Å². The molecule has 1 aliphatic heterocycles. The van der Waals surface area contributed by atoms with Crippen LogP contribution in [0.15, 0.2) is 11.6 Å². The van der Waals surface area contributed by atoms with Gasteiger partial charge < -0.3 is 9.47 Å². The molecule has 2 heteroatoms. The molecule has 17 heavy (non-hydrogen) atoms. The molecule has 1 saturated heterocycles. The maximum Gasteiger partial charge on any atom is 0.177 e. The maximum absolute atomic E-state index is 5.69. The van der Waals surface area contributed by atoms with Gasteiger partial charge in [0.15, 0.2) is 6.29 Å². The van der Waals surface area contributed by atoms with Crippen molar-refractivity contribution < 1.29 is 9.47 Å². The molecule has 1 fully saturated rings. The van der Waals surface area contributed by atoms with Crippen LogP contribution in [0.5, 0.6) is 0 Å². The van der Waals surface area contributed by atoms with E-state index in [-0.39, 0.29) is 11.7 Å². The number of rotatable bonds is 5. The molecule has 0 aromatic heterocycles. The molecule has 0 aromatic rings. The van der Waals surface area contributed by atoms with Gasteiger partial charge in [0.05, 0.1) is 13.2 Å². The highest BCUT2D eigenvalue weighted by molar-refractivity contribution is 5.00. The lowest BCUT2D eigenvalue weighted by molar-refractivity contribution is -0.197. The molecule has 0 saturated carbocycles. The van der Waals surface area contributed by atoms with Crippen molar-refractivity contribution in [3.63, 3.8) is 0 Å². The Morgan fingerprint density at radius 1 is 1.29 bits per heavy atom. The molecule has 100 valence electrons. The first kappa shape index (κ1) is 14.7. The van der Waals surface area contributed by atoms with Crippen molar-refractivity contribution in [2.45, 2.75) is 60.2 Å². The fourth-order valence-corrected chi connectivity index (χ4v) is 1.91. The Hall–Kier alpha value is -0.340. The summed E-state index contributed by atoms with van der Waals surface area (Å²) < 4.78 is 11.4. The highest BCUT2D eigenvalue weighted by Crippen LogP contribution is 2.24. The van der Waals surface area contributed by atoms with Crippen LogP contribution in [0.2, 0.25) is 0 Å². The number of hydrogen-bond acceptors (Lipinski definition) is 2. The van der Waals surface area contributed by atoms with Crippen molar-refractivity contribution in [3.05, 3.63) is 11.6 Å². The van der Waals surface area contributed by atoms with Crippen LogP contribution in [0.4, 0.5) is 0 Å². The number of ether oxygens (including phenoxy) is 2. The maximum atomic E-state index is 5.69. The molecule has 0 aliphatic carbocycles. The van der Waals surface area contributed by atoms with Crippen molar-refractivity contribution in [2.24, 2.45) is 11.3 Å². The van der Waals surface area contributed by atoms with Gasteiger partial charge in [-0.1, -0.05) is 39.7 Å². The Balaban J connectivity index is 2.27. The van der Waals surface area contributed by atoms with Crippen LogP contribution in [-0.2, 0) is 9.47 Å². The summed E-state index contributed by atoms with van der Waals surface area (Å²) in [6, 6.07) is 0. The minimum atomic E-state index is -0.123. The molecule has 0 unspecified atom stereocenters. The summed E-state index contributed by atoms with van der Waals surface area (Å²) in [4.78, 5) is 0. The second-order valence-electron chi connectivity index (χ2n) is 6.45. The van der Waals surface area contributed by atoms with Gasteiger partial charge in [-0.15, -0.1) is 0 Å². The van der Waals surface area contributed by atoms with E-state index in [0.29, 0.717) is 0 Å². The molecule has 0 spiro atoms. The van der Waals surface area contributed by atoms with E-state index < -0.39 is 0 Å². The largest absolute Gasteiger partial charge is 0.348 e. The van der Waals surface area contributed by atoms with Crippen LogP contribution in [0.1, 0.15) is 53.9 Å². The monoisotopic (exact) mass is 240 g/mol. The summed E-state index contributed by atoms with van der Waals surface area (Å²) in [7, 11) is 0. The van der Waals surface area contributed by atoms with E-state index in [1.54, 1.807) is 0 Å². The van der Waals surface area contributed by atoms with E-state index >= 15 is 0 Å². The summed E-state index contributed by atoms with van der Waals surface area (Å²) >= 11 is 0. The van der Waals surface area contributed by atoms with Gasteiger partial charge in [0, 0.05) is 5.41 Å². The van der Waals surface area contributed by atoms with E-state index in [0.717, 1.165) is 25.6 Å². The first-order valence-electron chi connectivity index (χ1n) is 6.79. The first-order valence-corrected chi connectivity index (χ1v) is 6.79. The molecule has 1 aliphatic rings. The van der Waals surface area contributed by atoms with Crippen molar-refractivity contribution in [3.8, 4) is 0 Å². The van der Waals surface area contributed by atoms with Crippen LogP contribution in [0.3, 0.4) is 0 Å². The molecule has 0 aromatic carbocycles. The van der Waals surface area contributed by atoms with Crippen molar-refractivity contribution in [1.82, 2.24) is 0 Å². The smallest absolute Gasteiger partial charge is 0.177 e. The minimum Gasteiger partial charge on any atom is -0.348 e. The van der Waals surface area contributed by atoms with Crippen LogP contribution < -0.4 is 0 Å². The Bertz CT molecular complexity index is 244. The molecule has 2 nitrogen and oxygen atoms in total. The lowest BCUT2D eigenvalue weighted by Gasteiger charge is -2.33. The Labute approximate surface area is 106 Å². The fraction of sp³-hybridized carbons (Fsp3) is 0.867. The van der Waals surface area contributed by atoms with Crippen LogP contribution in [0.25, 0.3) is 0 Å². The van der Waals surface area contributed by atoms with Gasteiger partial charge in [0.1, 0.15) is 0 Å². The zero-order valence-electron chi connectivity index (χ0n) is 12.1. The van der Waals surface area contributed by atoms with Gasteiger partial charge in [-0.3, -0.25) is 0 Å². The van der Waals surface area contributed by atoms with Gasteiger partial charge in [0.25, 0.3) is 0 Å². The molecule has 0 bridgehead atoms. The molecule has 1 rings (SSSR count). The molecule has 1 heterocycles. The predicted molar refractivity (Wildman–Crippen MR) is 71.9 cm³/mol. The Kier molecular flexibility index (Phi) is 5.68. The molecule has 0 N–H and O–H groups in total. The van der Waals surface area contributed by atoms with Crippen LogP contribution in [0, 0.1) is 11.3 Å². The lowest BCUT2D eigenvalue weighted by atomic mass is 9.95. The number of hydrogen-bond donors (Lipinski definition) is 0. The second kappa shape index (κ2) is 6.55. The lowest BCUT2D eigenvalue weighted by Crippen LogP contribution is -2.36.